The Morgan fingerprint density at radius 1 is 0.889 bits per heavy atom. The van der Waals surface area contributed by atoms with Gasteiger partial charge in [0.2, 0.25) is 0 Å². The van der Waals surface area contributed by atoms with Crippen molar-refractivity contribution < 1.29 is 67.0 Å². The molecule has 45 heavy (non-hydrogen) atoms. The summed E-state index contributed by atoms with van der Waals surface area (Å²) < 4.78 is 40.5. The predicted molar refractivity (Wildman–Crippen MR) is 150 cm³/mol. The van der Waals surface area contributed by atoms with E-state index in [-0.39, 0.29) is 12.2 Å². The number of hydrogen-bond acceptors (Lipinski definition) is 14. The van der Waals surface area contributed by atoms with Crippen LogP contribution in [-0.4, -0.2) is 101 Å². The second-order valence-electron chi connectivity index (χ2n) is 12.1. The standard InChI is InChI=1S/C30H37ClO14/c1-12-9-10-19(40-14(3)32)28(8)22(26(44-18(7)36)30(38)13(2)27(37)45-23(30)20(12)31)29(11-39-29)25(43-17(6)35)21(41-15(4)33)24(28)42-16(5)34/h9-10,13,19-26,38H,1,11H2,2-8H3/b10-9+/t13-,19-,20-,21+,22+,23-,24-,25+,26?,28+,29-,30-/m0/s1. The summed E-state index contributed by atoms with van der Waals surface area (Å²) in [6, 6.07) is 0. The van der Waals surface area contributed by atoms with Crippen molar-refractivity contribution in [2.75, 3.05) is 6.61 Å². The number of aliphatic hydroxyl groups is 1. The predicted octanol–water partition coefficient (Wildman–Crippen LogP) is 1.08. The fraction of sp³-hybridized carbons (Fsp3) is 0.667. The lowest BCUT2D eigenvalue weighted by Gasteiger charge is -2.59. The summed E-state index contributed by atoms with van der Waals surface area (Å²) in [5.41, 5.74) is -5.85. The number of carbonyl (C=O) groups excluding carboxylic acids is 6. The van der Waals surface area contributed by atoms with Crippen LogP contribution in [-0.2, 0) is 61.9 Å². The van der Waals surface area contributed by atoms with Gasteiger partial charge in [-0.2, -0.15) is 0 Å². The van der Waals surface area contributed by atoms with Crippen LogP contribution in [0.1, 0.15) is 48.5 Å². The molecule has 0 aromatic rings. The highest BCUT2D eigenvalue weighted by Crippen LogP contribution is 2.63. The van der Waals surface area contributed by atoms with Crippen LogP contribution in [0.4, 0.5) is 0 Å². The zero-order valence-corrected chi connectivity index (χ0v) is 26.7. The molecule has 0 aromatic heterocycles. The Hall–Kier alpha value is -3.49. The molecule has 1 unspecified atom stereocenters. The quantitative estimate of drug-likeness (QED) is 0.191. The minimum Gasteiger partial charge on any atom is -0.459 e. The molecule has 0 bridgehead atoms. The molecule has 0 radical (unpaired) electrons. The van der Waals surface area contributed by atoms with Crippen LogP contribution in [0.15, 0.2) is 24.3 Å². The van der Waals surface area contributed by atoms with Crippen LogP contribution >= 0.6 is 11.6 Å². The lowest BCUT2D eigenvalue weighted by molar-refractivity contribution is -0.280. The first kappa shape index (κ1) is 34.4. The van der Waals surface area contributed by atoms with Crippen molar-refractivity contribution >= 4 is 47.4 Å². The summed E-state index contributed by atoms with van der Waals surface area (Å²) in [4.78, 5) is 76.3. The molecule has 2 aliphatic carbocycles. The molecule has 2 aliphatic heterocycles. The van der Waals surface area contributed by atoms with Crippen molar-refractivity contribution in [1.82, 2.24) is 0 Å². The Kier molecular flexibility index (Phi) is 9.19. The van der Waals surface area contributed by atoms with Gasteiger partial charge < -0.3 is 38.3 Å². The average molecular weight is 657 g/mol. The number of fused-ring (bicyclic) bond motifs is 3. The fourth-order valence-corrected chi connectivity index (χ4v) is 7.50. The normalized spacial score (nSPS) is 42.6. The number of ether oxygens (including phenoxy) is 7. The van der Waals surface area contributed by atoms with Gasteiger partial charge >= 0.3 is 35.8 Å². The van der Waals surface area contributed by atoms with E-state index in [1.54, 1.807) is 0 Å². The Labute approximate surface area is 264 Å². The van der Waals surface area contributed by atoms with Crippen LogP contribution in [0.2, 0.25) is 0 Å². The smallest absolute Gasteiger partial charge is 0.312 e. The Morgan fingerprint density at radius 2 is 1.38 bits per heavy atom. The van der Waals surface area contributed by atoms with Gasteiger partial charge in [-0.05, 0) is 18.6 Å². The van der Waals surface area contributed by atoms with Crippen LogP contribution in [0.3, 0.4) is 0 Å². The third-order valence-corrected chi connectivity index (χ3v) is 9.57. The average Bonchev–Trinajstić information content (AvgIpc) is 3.67. The molecule has 4 rings (SSSR count). The lowest BCUT2D eigenvalue weighted by Crippen LogP contribution is -2.76. The monoisotopic (exact) mass is 656 g/mol. The van der Waals surface area contributed by atoms with E-state index in [4.69, 9.17) is 44.8 Å². The highest BCUT2D eigenvalue weighted by Gasteiger charge is 2.81. The number of halogens is 1. The van der Waals surface area contributed by atoms with Gasteiger partial charge in [0.25, 0.3) is 0 Å². The Bertz CT molecular complexity index is 1340. The molecule has 1 saturated carbocycles. The molecule has 2 heterocycles. The summed E-state index contributed by atoms with van der Waals surface area (Å²) in [5.74, 6) is -7.91. The topological polar surface area (TPSA) is 191 Å². The molecule has 14 nitrogen and oxygen atoms in total. The molecular formula is C30H37ClO14. The number of carbonyl (C=O) groups is 6. The van der Waals surface area contributed by atoms with E-state index in [1.807, 2.05) is 0 Å². The molecule has 0 aromatic carbocycles. The van der Waals surface area contributed by atoms with Gasteiger partial charge in [0.1, 0.15) is 17.8 Å². The molecule has 12 atom stereocenters. The SMILES string of the molecule is C=C1/C=C/[C@H](OC(C)=O)[C@@]2(C)[C@@H](OC(C)=O)[C@@H](OC(C)=O)[C@@H](OC(C)=O)[C@]3(CO3)[C@@H]2C(OC(C)=O)[C@]2(O)[C@@H](C)C(=O)O[C@H]2[C@H]1Cl. The highest BCUT2D eigenvalue weighted by molar-refractivity contribution is 6.23. The first-order valence-electron chi connectivity index (χ1n) is 14.3. The number of epoxide rings is 1. The van der Waals surface area contributed by atoms with E-state index >= 15 is 0 Å². The largest absolute Gasteiger partial charge is 0.459 e. The van der Waals surface area contributed by atoms with Crippen molar-refractivity contribution in [1.29, 1.82) is 0 Å². The van der Waals surface area contributed by atoms with Crippen molar-refractivity contribution in [2.45, 2.75) is 102 Å². The zero-order valence-electron chi connectivity index (χ0n) is 25.9. The Balaban J connectivity index is 2.17. The van der Waals surface area contributed by atoms with E-state index in [9.17, 15) is 33.9 Å². The van der Waals surface area contributed by atoms with Gasteiger partial charge in [0, 0.05) is 40.5 Å². The first-order chi connectivity index (χ1) is 20.8. The minimum atomic E-state index is -2.41. The molecule has 4 aliphatic rings. The van der Waals surface area contributed by atoms with Gasteiger partial charge in [-0.15, -0.1) is 11.6 Å². The Morgan fingerprint density at radius 3 is 1.87 bits per heavy atom. The lowest BCUT2D eigenvalue weighted by atomic mass is 9.51. The molecule has 0 amide bonds. The van der Waals surface area contributed by atoms with Gasteiger partial charge in [-0.25, -0.2) is 0 Å². The highest BCUT2D eigenvalue weighted by atomic mass is 35.5. The van der Waals surface area contributed by atoms with Crippen molar-refractivity contribution in [3.8, 4) is 0 Å². The summed E-state index contributed by atoms with van der Waals surface area (Å²) in [5, 5.41) is 11.4. The second kappa shape index (κ2) is 12.0. The third kappa shape index (κ3) is 5.72. The maximum Gasteiger partial charge on any atom is 0.312 e. The van der Waals surface area contributed by atoms with Crippen LogP contribution < -0.4 is 0 Å². The van der Waals surface area contributed by atoms with E-state index < -0.39 is 106 Å². The number of alkyl halides is 1. The third-order valence-electron chi connectivity index (χ3n) is 9.06. The number of rotatable bonds is 5. The van der Waals surface area contributed by atoms with E-state index in [1.165, 1.54) is 26.0 Å². The van der Waals surface area contributed by atoms with Crippen LogP contribution in [0.25, 0.3) is 0 Å². The zero-order chi connectivity index (χ0) is 33.8. The number of esters is 6. The molecular weight excluding hydrogens is 620 g/mol. The van der Waals surface area contributed by atoms with Gasteiger partial charge in [0.05, 0.1) is 23.3 Å². The van der Waals surface area contributed by atoms with Crippen LogP contribution in [0.5, 0.6) is 0 Å². The van der Waals surface area contributed by atoms with E-state index in [0.29, 0.717) is 0 Å². The van der Waals surface area contributed by atoms with Gasteiger partial charge in [-0.3, -0.25) is 28.8 Å². The second-order valence-corrected chi connectivity index (χ2v) is 12.6. The van der Waals surface area contributed by atoms with Gasteiger partial charge in [-0.1, -0.05) is 19.6 Å². The van der Waals surface area contributed by atoms with Crippen LogP contribution in [0, 0.1) is 17.3 Å². The van der Waals surface area contributed by atoms with E-state index in [2.05, 4.69) is 6.58 Å². The first-order valence-corrected chi connectivity index (χ1v) is 14.7. The molecule has 2 saturated heterocycles. The molecule has 3 fully saturated rings. The van der Waals surface area contributed by atoms with Crippen molar-refractivity contribution in [3.63, 3.8) is 0 Å². The van der Waals surface area contributed by atoms with Crippen molar-refractivity contribution in [3.05, 3.63) is 24.3 Å². The van der Waals surface area contributed by atoms with Gasteiger partial charge in [0.15, 0.2) is 30.0 Å². The summed E-state index contributed by atoms with van der Waals surface area (Å²) in [7, 11) is 0. The maximum absolute atomic E-state index is 13.1. The number of hydrogen-bond donors (Lipinski definition) is 1. The molecule has 248 valence electrons. The van der Waals surface area contributed by atoms with Crippen molar-refractivity contribution in [2.24, 2.45) is 17.3 Å². The summed E-state index contributed by atoms with van der Waals surface area (Å²) in [6.07, 6.45) is -6.63. The minimum absolute atomic E-state index is 0.120. The molecule has 15 heteroatoms. The summed E-state index contributed by atoms with van der Waals surface area (Å²) >= 11 is 6.75. The number of allylic oxidation sites excluding steroid dienone is 1. The molecule has 1 N–H and O–H groups in total. The molecule has 1 spiro atoms. The van der Waals surface area contributed by atoms with E-state index in [0.717, 1.165) is 34.6 Å². The fourth-order valence-electron chi connectivity index (χ4n) is 7.17. The summed E-state index contributed by atoms with van der Waals surface area (Å²) in [6.45, 7) is 12.0. The maximum atomic E-state index is 13.1.